The van der Waals surface area contributed by atoms with Gasteiger partial charge in [0.05, 0.1) is 0 Å². The molecule has 0 aliphatic rings. The SMILES string of the molecule is CCN(CCCCCCCCC(C)C)CCCCCCCCC(C)C. The van der Waals surface area contributed by atoms with Gasteiger partial charge in [0.1, 0.15) is 0 Å². The van der Waals surface area contributed by atoms with Crippen molar-refractivity contribution in [3.63, 3.8) is 0 Å². The average Bonchev–Trinajstić information content (AvgIpc) is 2.57. The predicted molar refractivity (Wildman–Crippen MR) is 116 cm³/mol. The fraction of sp³-hybridized carbons (Fsp3) is 1.00. The van der Waals surface area contributed by atoms with E-state index in [-0.39, 0.29) is 0 Å². The summed E-state index contributed by atoms with van der Waals surface area (Å²) < 4.78 is 0. The van der Waals surface area contributed by atoms with Crippen molar-refractivity contribution < 1.29 is 0 Å². The maximum Gasteiger partial charge on any atom is -0.00189 e. The minimum absolute atomic E-state index is 0.887. The van der Waals surface area contributed by atoms with Gasteiger partial charge in [-0.1, -0.05) is 112 Å². The molecule has 0 saturated heterocycles. The van der Waals surface area contributed by atoms with Gasteiger partial charge in [-0.2, -0.15) is 0 Å². The van der Waals surface area contributed by atoms with Crippen molar-refractivity contribution >= 4 is 0 Å². The normalized spacial score (nSPS) is 12.0. The molecule has 0 aromatic carbocycles. The van der Waals surface area contributed by atoms with Gasteiger partial charge in [-0.05, 0) is 44.3 Å². The number of rotatable bonds is 19. The van der Waals surface area contributed by atoms with E-state index in [4.69, 9.17) is 0 Å². The summed E-state index contributed by atoms with van der Waals surface area (Å²) in [5.41, 5.74) is 0. The number of unbranched alkanes of at least 4 members (excludes halogenated alkanes) is 10. The zero-order valence-corrected chi connectivity index (χ0v) is 18.6. The lowest BCUT2D eigenvalue weighted by Crippen LogP contribution is -2.25. The highest BCUT2D eigenvalue weighted by Crippen LogP contribution is 2.13. The Hall–Kier alpha value is -0.0400. The van der Waals surface area contributed by atoms with Crippen molar-refractivity contribution in [3.8, 4) is 0 Å². The lowest BCUT2D eigenvalue weighted by atomic mass is 10.0. The van der Waals surface area contributed by atoms with Gasteiger partial charge < -0.3 is 4.90 Å². The van der Waals surface area contributed by atoms with Crippen LogP contribution in [0, 0.1) is 11.8 Å². The Morgan fingerprint density at radius 1 is 0.480 bits per heavy atom. The van der Waals surface area contributed by atoms with Gasteiger partial charge in [0.15, 0.2) is 0 Å². The van der Waals surface area contributed by atoms with Crippen LogP contribution in [-0.4, -0.2) is 24.5 Å². The summed E-state index contributed by atoms with van der Waals surface area (Å²) in [6, 6.07) is 0. The molecule has 25 heavy (non-hydrogen) atoms. The van der Waals surface area contributed by atoms with Crippen molar-refractivity contribution in [1.82, 2.24) is 4.90 Å². The third kappa shape index (κ3) is 20.1. The van der Waals surface area contributed by atoms with Gasteiger partial charge in [-0.15, -0.1) is 0 Å². The molecule has 0 heterocycles. The number of nitrogens with zero attached hydrogens (tertiary/aromatic N) is 1. The third-order valence-electron chi connectivity index (χ3n) is 5.46. The molecule has 0 aliphatic carbocycles. The second-order valence-electron chi connectivity index (χ2n) is 9.04. The summed E-state index contributed by atoms with van der Waals surface area (Å²) in [6.07, 6.45) is 20.1. The summed E-state index contributed by atoms with van der Waals surface area (Å²) in [6.45, 7) is 15.6. The highest BCUT2D eigenvalue weighted by atomic mass is 15.1. The van der Waals surface area contributed by atoms with Crippen LogP contribution in [0.1, 0.15) is 125 Å². The van der Waals surface area contributed by atoms with E-state index in [2.05, 4.69) is 39.5 Å². The van der Waals surface area contributed by atoms with Gasteiger partial charge in [-0.3, -0.25) is 0 Å². The lowest BCUT2D eigenvalue weighted by Gasteiger charge is -2.20. The van der Waals surface area contributed by atoms with Crippen molar-refractivity contribution in [2.45, 2.75) is 125 Å². The second kappa shape index (κ2) is 18.7. The molecule has 0 radical (unpaired) electrons. The summed E-state index contributed by atoms with van der Waals surface area (Å²) in [5.74, 6) is 1.77. The van der Waals surface area contributed by atoms with E-state index in [1.807, 2.05) is 0 Å². The van der Waals surface area contributed by atoms with Crippen LogP contribution in [0.15, 0.2) is 0 Å². The smallest absolute Gasteiger partial charge is 0.00189 e. The molecule has 0 saturated carbocycles. The van der Waals surface area contributed by atoms with E-state index in [0.29, 0.717) is 0 Å². The molecule has 1 nitrogen and oxygen atoms in total. The summed E-state index contributed by atoms with van der Waals surface area (Å²) in [5, 5.41) is 0. The molecule has 0 aromatic heterocycles. The van der Waals surface area contributed by atoms with Crippen molar-refractivity contribution in [1.29, 1.82) is 0 Å². The highest BCUT2D eigenvalue weighted by Gasteiger charge is 2.02. The Kier molecular flexibility index (Phi) is 18.7. The predicted octanol–water partition coefficient (Wildman–Crippen LogP) is 8.08. The number of hydrogen-bond acceptors (Lipinski definition) is 1. The summed E-state index contributed by atoms with van der Waals surface area (Å²) in [7, 11) is 0. The molecule has 0 atom stereocenters. The molecule has 0 fully saturated rings. The first-order valence-electron chi connectivity index (χ1n) is 11.8. The van der Waals surface area contributed by atoms with Crippen LogP contribution >= 0.6 is 0 Å². The van der Waals surface area contributed by atoms with Crippen LogP contribution in [0.5, 0.6) is 0 Å². The third-order valence-corrected chi connectivity index (χ3v) is 5.46. The van der Waals surface area contributed by atoms with Crippen LogP contribution in [0.3, 0.4) is 0 Å². The Morgan fingerprint density at radius 2 is 0.800 bits per heavy atom. The largest absolute Gasteiger partial charge is 0.304 e. The van der Waals surface area contributed by atoms with Gasteiger partial charge in [0, 0.05) is 0 Å². The maximum absolute atomic E-state index is 2.68. The van der Waals surface area contributed by atoms with Crippen LogP contribution in [-0.2, 0) is 0 Å². The molecule has 0 aromatic rings. The molecule has 0 rings (SSSR count). The van der Waals surface area contributed by atoms with Gasteiger partial charge in [-0.25, -0.2) is 0 Å². The Labute approximate surface area is 161 Å². The zero-order valence-electron chi connectivity index (χ0n) is 18.6. The minimum atomic E-state index is 0.887. The summed E-state index contributed by atoms with van der Waals surface area (Å²) in [4.78, 5) is 2.68. The summed E-state index contributed by atoms with van der Waals surface area (Å²) >= 11 is 0. The fourth-order valence-corrected chi connectivity index (χ4v) is 3.62. The first kappa shape index (κ1) is 25.0. The van der Waals surface area contributed by atoms with E-state index >= 15 is 0 Å². The Morgan fingerprint density at radius 3 is 1.12 bits per heavy atom. The van der Waals surface area contributed by atoms with E-state index in [1.165, 1.54) is 110 Å². The minimum Gasteiger partial charge on any atom is -0.304 e. The molecule has 0 unspecified atom stereocenters. The molecule has 0 amide bonds. The Bertz CT molecular complexity index is 222. The molecule has 0 N–H and O–H groups in total. The topological polar surface area (TPSA) is 3.24 Å². The van der Waals surface area contributed by atoms with E-state index in [1.54, 1.807) is 0 Å². The van der Waals surface area contributed by atoms with Gasteiger partial charge in [0.25, 0.3) is 0 Å². The lowest BCUT2D eigenvalue weighted by molar-refractivity contribution is 0.273. The zero-order chi connectivity index (χ0) is 18.8. The molecule has 0 spiro atoms. The van der Waals surface area contributed by atoms with E-state index in [0.717, 1.165) is 11.8 Å². The van der Waals surface area contributed by atoms with E-state index in [9.17, 15) is 0 Å². The van der Waals surface area contributed by atoms with Crippen LogP contribution in [0.4, 0.5) is 0 Å². The van der Waals surface area contributed by atoms with Gasteiger partial charge >= 0.3 is 0 Å². The quantitative estimate of drug-likeness (QED) is 0.212. The molecule has 152 valence electrons. The number of hydrogen-bond donors (Lipinski definition) is 0. The monoisotopic (exact) mass is 353 g/mol. The fourth-order valence-electron chi connectivity index (χ4n) is 3.62. The van der Waals surface area contributed by atoms with Crippen LogP contribution < -0.4 is 0 Å². The van der Waals surface area contributed by atoms with Crippen molar-refractivity contribution in [3.05, 3.63) is 0 Å². The maximum atomic E-state index is 2.68. The first-order valence-corrected chi connectivity index (χ1v) is 11.8. The molecular formula is C24H51N. The molecule has 0 aliphatic heterocycles. The molecule has 0 bridgehead atoms. The molecular weight excluding hydrogens is 302 g/mol. The van der Waals surface area contributed by atoms with Crippen LogP contribution in [0.2, 0.25) is 0 Å². The van der Waals surface area contributed by atoms with E-state index < -0.39 is 0 Å². The second-order valence-corrected chi connectivity index (χ2v) is 9.04. The van der Waals surface area contributed by atoms with Crippen molar-refractivity contribution in [2.75, 3.05) is 19.6 Å². The van der Waals surface area contributed by atoms with Crippen LogP contribution in [0.25, 0.3) is 0 Å². The average molecular weight is 354 g/mol. The Balaban J connectivity index is 3.33. The molecule has 1 heteroatoms. The van der Waals surface area contributed by atoms with Crippen molar-refractivity contribution in [2.24, 2.45) is 11.8 Å². The highest BCUT2D eigenvalue weighted by molar-refractivity contribution is 4.58. The van der Waals surface area contributed by atoms with Gasteiger partial charge in [0.2, 0.25) is 0 Å². The standard InChI is InChI=1S/C24H51N/c1-6-25(21-17-13-9-7-11-15-19-23(2)3)22-18-14-10-8-12-16-20-24(4)5/h23-24H,6-22H2,1-5H3. The first-order chi connectivity index (χ1) is 12.1.